The van der Waals surface area contributed by atoms with E-state index in [1.54, 1.807) is 23.8 Å². The van der Waals surface area contributed by atoms with Gasteiger partial charge in [-0.3, -0.25) is 4.79 Å². The highest BCUT2D eigenvalue weighted by molar-refractivity contribution is 6.42. The van der Waals surface area contributed by atoms with Gasteiger partial charge in [-0.2, -0.15) is 0 Å². The van der Waals surface area contributed by atoms with Crippen LogP contribution in [-0.2, 0) is 13.1 Å². The van der Waals surface area contributed by atoms with E-state index in [2.05, 4.69) is 16.7 Å². The molecule has 0 bridgehead atoms. The Morgan fingerprint density at radius 1 is 0.921 bits per heavy atom. The number of benzene rings is 3. The Kier molecular flexibility index (Phi) is 8.03. The number of aryl methyl sites for hydroxylation is 1. The van der Waals surface area contributed by atoms with E-state index in [0.717, 1.165) is 53.5 Å². The molecular formula is C30H30Cl2N4O2. The van der Waals surface area contributed by atoms with Gasteiger partial charge in [-0.1, -0.05) is 66.4 Å². The molecule has 0 saturated carbocycles. The van der Waals surface area contributed by atoms with Gasteiger partial charge in [0.2, 0.25) is 0 Å². The highest BCUT2D eigenvalue weighted by Crippen LogP contribution is 2.32. The normalized spacial score (nSPS) is 11.5. The molecule has 0 fully saturated rings. The number of halogens is 2. The first-order valence-electron chi connectivity index (χ1n) is 12.8. The average Bonchev–Trinajstić information content (AvgIpc) is 3.28. The summed E-state index contributed by atoms with van der Waals surface area (Å²) in [7, 11) is 1.66. The minimum Gasteiger partial charge on any atom is -0.497 e. The number of unbranched alkanes of at least 4 members (excludes halogenated alkanes) is 3. The quantitative estimate of drug-likeness (QED) is 0.192. The molecule has 0 atom stereocenters. The van der Waals surface area contributed by atoms with Crippen LogP contribution in [0.5, 0.6) is 5.75 Å². The number of nitrogens with zero attached hydrogens (tertiary/aromatic N) is 3. The Hall–Kier alpha value is -3.32. The molecule has 0 amide bonds. The topological polar surface area (TPSA) is 75.1 Å². The van der Waals surface area contributed by atoms with Gasteiger partial charge in [0.1, 0.15) is 11.4 Å². The Bertz CT molecular complexity index is 1660. The first kappa shape index (κ1) is 26.3. The lowest BCUT2D eigenvalue weighted by molar-refractivity contribution is 0.414. The summed E-state index contributed by atoms with van der Waals surface area (Å²) in [6.07, 6.45) is 5.88. The molecule has 0 aliphatic carbocycles. The number of rotatable bonds is 10. The third kappa shape index (κ3) is 5.30. The zero-order valence-corrected chi connectivity index (χ0v) is 22.8. The van der Waals surface area contributed by atoms with Crippen LogP contribution in [0.1, 0.15) is 31.2 Å². The number of para-hydroxylation sites is 1. The molecule has 38 heavy (non-hydrogen) atoms. The average molecular weight is 550 g/mol. The maximum Gasteiger partial charge on any atom is 0.277 e. The lowest BCUT2D eigenvalue weighted by Gasteiger charge is -2.13. The van der Waals surface area contributed by atoms with E-state index in [1.165, 1.54) is 0 Å². The Balaban J connectivity index is 1.64. The van der Waals surface area contributed by atoms with Gasteiger partial charge in [0.15, 0.2) is 0 Å². The predicted molar refractivity (Wildman–Crippen MR) is 157 cm³/mol. The Labute approximate surface area is 231 Å². The summed E-state index contributed by atoms with van der Waals surface area (Å²) < 4.78 is 9.34. The molecule has 2 heterocycles. The molecule has 0 aliphatic rings. The van der Waals surface area contributed by atoms with Crippen LogP contribution in [0.2, 0.25) is 10.0 Å². The number of hydrogen-bond acceptors (Lipinski definition) is 4. The third-order valence-electron chi connectivity index (χ3n) is 6.85. The summed E-state index contributed by atoms with van der Waals surface area (Å²) >= 11 is 12.7. The molecular weight excluding hydrogens is 519 g/mol. The largest absolute Gasteiger partial charge is 0.497 e. The number of methoxy groups -OCH3 is 1. The van der Waals surface area contributed by atoms with Crippen molar-refractivity contribution < 1.29 is 4.74 Å². The number of fused-ring (bicyclic) bond motifs is 2. The van der Waals surface area contributed by atoms with Crippen LogP contribution in [0, 0.1) is 0 Å². The van der Waals surface area contributed by atoms with Crippen molar-refractivity contribution in [3.8, 4) is 17.0 Å². The fourth-order valence-corrected chi connectivity index (χ4v) is 5.25. The van der Waals surface area contributed by atoms with Gasteiger partial charge >= 0.3 is 0 Å². The van der Waals surface area contributed by atoms with Crippen molar-refractivity contribution in [3.63, 3.8) is 0 Å². The Morgan fingerprint density at radius 3 is 2.53 bits per heavy atom. The second-order valence-electron chi connectivity index (χ2n) is 9.41. The highest BCUT2D eigenvalue weighted by Gasteiger charge is 2.19. The van der Waals surface area contributed by atoms with E-state index in [1.807, 2.05) is 42.6 Å². The molecule has 3 aromatic carbocycles. The van der Waals surface area contributed by atoms with Crippen molar-refractivity contribution >= 4 is 45.1 Å². The molecule has 5 rings (SSSR count). The van der Waals surface area contributed by atoms with Gasteiger partial charge in [0.25, 0.3) is 5.56 Å². The van der Waals surface area contributed by atoms with E-state index in [0.29, 0.717) is 46.4 Å². The molecule has 196 valence electrons. The third-order valence-corrected chi connectivity index (χ3v) is 7.58. The van der Waals surface area contributed by atoms with Gasteiger partial charge in [0.05, 0.1) is 28.2 Å². The number of hydrogen-bond donors (Lipinski definition) is 1. The number of nitrogens with two attached hydrogens (primary N) is 1. The van der Waals surface area contributed by atoms with Crippen molar-refractivity contribution in [2.75, 3.05) is 13.7 Å². The molecule has 2 N–H and O–H groups in total. The monoisotopic (exact) mass is 548 g/mol. The van der Waals surface area contributed by atoms with Crippen LogP contribution in [-0.4, -0.2) is 27.8 Å². The molecule has 6 nitrogen and oxygen atoms in total. The first-order valence-corrected chi connectivity index (χ1v) is 13.6. The van der Waals surface area contributed by atoms with Crippen LogP contribution >= 0.6 is 23.2 Å². The van der Waals surface area contributed by atoms with Crippen LogP contribution in [0.3, 0.4) is 0 Å². The van der Waals surface area contributed by atoms with Gasteiger partial charge < -0.3 is 19.6 Å². The summed E-state index contributed by atoms with van der Waals surface area (Å²) in [6, 6.07) is 19.5. The molecule has 0 saturated heterocycles. The molecule has 5 aromatic rings. The summed E-state index contributed by atoms with van der Waals surface area (Å²) in [4.78, 5) is 18.8. The highest BCUT2D eigenvalue weighted by atomic mass is 35.5. The molecule has 0 spiro atoms. The van der Waals surface area contributed by atoms with E-state index in [9.17, 15) is 4.79 Å². The van der Waals surface area contributed by atoms with Gasteiger partial charge in [0, 0.05) is 35.8 Å². The van der Waals surface area contributed by atoms with Crippen LogP contribution in [0.25, 0.3) is 33.2 Å². The lowest BCUT2D eigenvalue weighted by Crippen LogP contribution is -2.24. The van der Waals surface area contributed by atoms with Crippen LogP contribution in [0.15, 0.2) is 71.7 Å². The van der Waals surface area contributed by atoms with Crippen molar-refractivity contribution in [1.29, 1.82) is 0 Å². The fraction of sp³-hybridized carbons (Fsp3) is 0.267. The molecule has 0 unspecified atom stereocenters. The second kappa shape index (κ2) is 11.6. The fourth-order valence-electron chi connectivity index (χ4n) is 4.94. The standard InChI is InChI=1S/C30H30Cl2N4O2/c1-38-21-10-8-9-20(15-21)18-35-19-23(22-11-4-5-12-27(22)35)29-30(37)36(14-7-3-2-6-13-33)28-17-25(32)24(31)16-26(28)34-29/h4-5,8-12,15-17,19H,2-3,6-7,13-14,18,33H2,1H3. The minimum absolute atomic E-state index is 0.140. The van der Waals surface area contributed by atoms with E-state index in [4.69, 9.17) is 38.7 Å². The smallest absolute Gasteiger partial charge is 0.277 e. The van der Waals surface area contributed by atoms with Crippen LogP contribution < -0.4 is 16.0 Å². The number of ether oxygens (including phenoxy) is 1. The SMILES string of the molecule is COc1cccc(Cn2cc(-c3nc4cc(Cl)c(Cl)cc4n(CCCCCCN)c3=O)c3ccccc32)c1. The zero-order chi connectivity index (χ0) is 26.6. The summed E-state index contributed by atoms with van der Waals surface area (Å²) in [5, 5.41) is 1.78. The maximum absolute atomic E-state index is 14.0. The van der Waals surface area contributed by atoms with Crippen molar-refractivity contribution in [2.24, 2.45) is 5.73 Å². The van der Waals surface area contributed by atoms with E-state index < -0.39 is 0 Å². The summed E-state index contributed by atoms with van der Waals surface area (Å²) in [5.74, 6) is 0.806. The second-order valence-corrected chi connectivity index (χ2v) is 10.2. The predicted octanol–water partition coefficient (Wildman–Crippen LogP) is 6.90. The summed E-state index contributed by atoms with van der Waals surface area (Å²) in [6.45, 7) is 1.87. The zero-order valence-electron chi connectivity index (χ0n) is 21.3. The number of aromatic nitrogens is 3. The van der Waals surface area contributed by atoms with Gasteiger partial charge in [-0.15, -0.1) is 0 Å². The Morgan fingerprint density at radius 2 is 1.71 bits per heavy atom. The molecule has 2 aromatic heterocycles. The van der Waals surface area contributed by atoms with Gasteiger partial charge in [-0.25, -0.2) is 4.98 Å². The van der Waals surface area contributed by atoms with Gasteiger partial charge in [-0.05, 0) is 55.3 Å². The van der Waals surface area contributed by atoms with Crippen molar-refractivity contribution in [3.05, 3.63) is 92.8 Å². The van der Waals surface area contributed by atoms with E-state index >= 15 is 0 Å². The molecule has 0 radical (unpaired) electrons. The van der Waals surface area contributed by atoms with Crippen LogP contribution in [0.4, 0.5) is 0 Å². The van der Waals surface area contributed by atoms with Crippen molar-refractivity contribution in [1.82, 2.24) is 14.1 Å². The molecule has 0 aliphatic heterocycles. The first-order chi connectivity index (χ1) is 18.5. The lowest BCUT2D eigenvalue weighted by atomic mass is 10.1. The summed E-state index contributed by atoms with van der Waals surface area (Å²) in [5.41, 5.74) is 10.1. The maximum atomic E-state index is 14.0. The van der Waals surface area contributed by atoms with E-state index in [-0.39, 0.29) is 5.56 Å². The molecule has 8 heteroatoms. The minimum atomic E-state index is -0.140. The van der Waals surface area contributed by atoms with Crippen molar-refractivity contribution in [2.45, 2.75) is 38.8 Å².